The van der Waals surface area contributed by atoms with E-state index in [9.17, 15) is 5.26 Å². The molecular weight excluding hydrogens is 513 g/mol. The molecule has 5 rings (SSSR count). The minimum absolute atomic E-state index is 0.311. The topological polar surface area (TPSA) is 76.4 Å². The zero-order valence-electron chi connectivity index (χ0n) is 18.1. The summed E-state index contributed by atoms with van der Waals surface area (Å²) in [5, 5.41) is 16.0. The van der Waals surface area contributed by atoms with Crippen molar-refractivity contribution in [2.75, 3.05) is 25.1 Å². The molecule has 0 saturated carbocycles. The van der Waals surface area contributed by atoms with Gasteiger partial charge in [0.1, 0.15) is 11.8 Å². The number of aromatic nitrogens is 1. The molecule has 1 fully saturated rings. The van der Waals surface area contributed by atoms with Crippen molar-refractivity contribution < 1.29 is 14.2 Å². The summed E-state index contributed by atoms with van der Waals surface area (Å²) in [6.45, 7) is 3.76. The van der Waals surface area contributed by atoms with Crippen molar-refractivity contribution in [3.8, 4) is 22.3 Å². The number of nitrogens with one attached hydrogen (secondary N) is 1. The predicted molar refractivity (Wildman–Crippen MR) is 138 cm³/mol. The summed E-state index contributed by atoms with van der Waals surface area (Å²) in [5.74, 6) is 0.518. The summed E-state index contributed by atoms with van der Waals surface area (Å²) >= 11 is 15.9. The van der Waals surface area contributed by atoms with Gasteiger partial charge in [-0.05, 0) is 36.9 Å². The molecule has 0 atom stereocenters. The van der Waals surface area contributed by atoms with E-state index >= 15 is 0 Å². The van der Waals surface area contributed by atoms with Gasteiger partial charge < -0.3 is 19.5 Å². The van der Waals surface area contributed by atoms with E-state index in [1.807, 2.05) is 13.0 Å². The number of anilines is 2. The zero-order chi connectivity index (χ0) is 23.7. The van der Waals surface area contributed by atoms with Gasteiger partial charge in [0.25, 0.3) is 0 Å². The summed E-state index contributed by atoms with van der Waals surface area (Å²) in [7, 11) is 0. The molecule has 0 bridgehead atoms. The number of fused-ring (bicyclic) bond motifs is 1. The molecule has 1 aliphatic rings. The van der Waals surface area contributed by atoms with Gasteiger partial charge in [-0.15, -0.1) is 22.7 Å². The first-order valence-corrected chi connectivity index (χ1v) is 13.1. The van der Waals surface area contributed by atoms with Crippen molar-refractivity contribution in [1.29, 1.82) is 5.26 Å². The standard InChI is InChI=1S/C24H19Cl2N3O3S2/c1-2-30-19-8-17(15(25)7-16(19)26)29-22-14(10-27)11-28-18-9-20(34-23(18)22)13-6-21(33-12-13)24-31-4-3-5-32-24/h6-9,11-12,24H,2-5H2,1H3,(H,28,29). The summed E-state index contributed by atoms with van der Waals surface area (Å²) in [5.41, 5.74) is 3.51. The van der Waals surface area contributed by atoms with E-state index in [1.165, 1.54) is 0 Å². The molecule has 0 spiro atoms. The highest BCUT2D eigenvalue weighted by molar-refractivity contribution is 7.23. The third kappa shape index (κ3) is 4.60. The summed E-state index contributed by atoms with van der Waals surface area (Å²) in [6, 6.07) is 9.71. The molecule has 3 aromatic heterocycles. The van der Waals surface area contributed by atoms with E-state index in [0.29, 0.717) is 52.6 Å². The Labute approximate surface area is 214 Å². The number of hydrogen-bond acceptors (Lipinski definition) is 8. The van der Waals surface area contributed by atoms with Gasteiger partial charge >= 0.3 is 0 Å². The molecule has 0 amide bonds. The molecule has 174 valence electrons. The van der Waals surface area contributed by atoms with Crippen LogP contribution < -0.4 is 10.1 Å². The zero-order valence-corrected chi connectivity index (χ0v) is 21.2. The maximum atomic E-state index is 9.75. The minimum atomic E-state index is -0.311. The number of hydrogen-bond donors (Lipinski definition) is 1. The van der Waals surface area contributed by atoms with Gasteiger partial charge in [0.05, 0.1) is 61.9 Å². The van der Waals surface area contributed by atoms with Crippen molar-refractivity contribution >= 4 is 67.5 Å². The highest BCUT2D eigenvalue weighted by atomic mass is 35.5. The lowest BCUT2D eigenvalue weighted by Crippen LogP contribution is -2.16. The largest absolute Gasteiger partial charge is 0.492 e. The molecule has 0 unspecified atom stereocenters. The number of thiophene rings is 2. The molecule has 1 N–H and O–H groups in total. The lowest BCUT2D eigenvalue weighted by atomic mass is 10.2. The van der Waals surface area contributed by atoms with E-state index in [1.54, 1.807) is 41.0 Å². The number of rotatable bonds is 6. The monoisotopic (exact) mass is 531 g/mol. The molecule has 6 nitrogen and oxygen atoms in total. The van der Waals surface area contributed by atoms with Gasteiger partial charge in [0.2, 0.25) is 0 Å². The SMILES string of the molecule is CCOc1cc(Nc2c(C#N)cnc3cc(-c4csc(C5OCCCO5)c4)sc23)c(Cl)cc1Cl. The van der Waals surface area contributed by atoms with Crippen LogP contribution in [0.5, 0.6) is 5.75 Å². The van der Waals surface area contributed by atoms with Crippen molar-refractivity contribution in [3.63, 3.8) is 0 Å². The van der Waals surface area contributed by atoms with Crippen LogP contribution in [0.15, 0.2) is 35.8 Å². The van der Waals surface area contributed by atoms with Crippen LogP contribution in [0.25, 0.3) is 20.7 Å². The van der Waals surface area contributed by atoms with E-state index in [-0.39, 0.29) is 6.29 Å². The molecule has 0 radical (unpaired) electrons. The average molecular weight is 532 g/mol. The van der Waals surface area contributed by atoms with Crippen molar-refractivity contribution in [2.24, 2.45) is 0 Å². The molecular formula is C24H19Cl2N3O3S2. The molecule has 34 heavy (non-hydrogen) atoms. The van der Waals surface area contributed by atoms with Crippen LogP contribution in [0.2, 0.25) is 10.0 Å². The van der Waals surface area contributed by atoms with Crippen LogP contribution in [0, 0.1) is 11.3 Å². The van der Waals surface area contributed by atoms with E-state index in [2.05, 4.69) is 27.8 Å². The second-order valence-electron chi connectivity index (χ2n) is 7.47. The highest BCUT2D eigenvalue weighted by Gasteiger charge is 2.21. The maximum absolute atomic E-state index is 9.75. The van der Waals surface area contributed by atoms with Crippen LogP contribution in [0.4, 0.5) is 11.4 Å². The lowest BCUT2D eigenvalue weighted by molar-refractivity contribution is -0.181. The second-order valence-corrected chi connectivity index (χ2v) is 10.3. The predicted octanol–water partition coefficient (Wildman–Crippen LogP) is 7.78. The molecule has 1 aliphatic heterocycles. The Morgan fingerprint density at radius 2 is 2.03 bits per heavy atom. The summed E-state index contributed by atoms with van der Waals surface area (Å²) in [4.78, 5) is 6.58. The summed E-state index contributed by atoms with van der Waals surface area (Å²) in [6.07, 6.45) is 2.17. The Balaban J connectivity index is 1.53. The van der Waals surface area contributed by atoms with Gasteiger partial charge in [-0.1, -0.05) is 23.2 Å². The number of halogens is 2. The first-order chi connectivity index (χ1) is 16.6. The molecule has 4 aromatic rings. The molecule has 1 saturated heterocycles. The first-order valence-electron chi connectivity index (χ1n) is 10.6. The lowest BCUT2D eigenvalue weighted by Gasteiger charge is -2.21. The quantitative estimate of drug-likeness (QED) is 0.273. The number of nitrogens with zero attached hydrogens (tertiary/aromatic N) is 2. The molecule has 10 heteroatoms. The van der Waals surface area contributed by atoms with Crippen LogP contribution >= 0.6 is 45.9 Å². The van der Waals surface area contributed by atoms with Crippen molar-refractivity contribution in [2.45, 2.75) is 19.6 Å². The van der Waals surface area contributed by atoms with Crippen molar-refractivity contribution in [3.05, 3.63) is 56.3 Å². The smallest absolute Gasteiger partial charge is 0.193 e. The number of nitriles is 1. The van der Waals surface area contributed by atoms with Crippen LogP contribution in [0.1, 0.15) is 30.1 Å². The van der Waals surface area contributed by atoms with Gasteiger partial charge in [0.15, 0.2) is 6.29 Å². The number of ether oxygens (including phenoxy) is 3. The molecule has 4 heterocycles. The van der Waals surface area contributed by atoms with E-state index in [0.717, 1.165) is 32.0 Å². The second kappa shape index (κ2) is 10.1. The van der Waals surface area contributed by atoms with E-state index in [4.69, 9.17) is 37.4 Å². The fraction of sp³-hybridized carbons (Fsp3) is 0.250. The number of pyridine rings is 1. The maximum Gasteiger partial charge on any atom is 0.193 e. The fourth-order valence-electron chi connectivity index (χ4n) is 3.61. The Kier molecular flexibility index (Phi) is 6.93. The van der Waals surface area contributed by atoms with Gasteiger partial charge in [-0.3, -0.25) is 4.98 Å². The van der Waals surface area contributed by atoms with Gasteiger partial charge in [0, 0.05) is 22.7 Å². The van der Waals surface area contributed by atoms with Crippen molar-refractivity contribution in [1.82, 2.24) is 4.98 Å². The Morgan fingerprint density at radius 3 is 2.79 bits per heavy atom. The Bertz CT molecular complexity index is 1390. The third-order valence-electron chi connectivity index (χ3n) is 5.21. The average Bonchev–Trinajstić information content (AvgIpc) is 3.50. The van der Waals surface area contributed by atoms with Gasteiger partial charge in [-0.25, -0.2) is 0 Å². The van der Waals surface area contributed by atoms with Crippen LogP contribution in [-0.4, -0.2) is 24.8 Å². The first kappa shape index (κ1) is 23.4. The normalized spacial score (nSPS) is 14.3. The highest BCUT2D eigenvalue weighted by Crippen LogP contribution is 2.43. The Hall–Kier alpha value is -2.38. The minimum Gasteiger partial charge on any atom is -0.492 e. The van der Waals surface area contributed by atoms with Gasteiger partial charge in [-0.2, -0.15) is 5.26 Å². The molecule has 0 aliphatic carbocycles. The van der Waals surface area contributed by atoms with E-state index < -0.39 is 0 Å². The molecule has 1 aromatic carbocycles. The third-order valence-corrected chi connectivity index (χ3v) is 7.96. The fourth-order valence-corrected chi connectivity index (χ4v) is 6.18. The van der Waals surface area contributed by atoms with Crippen LogP contribution in [-0.2, 0) is 9.47 Å². The van der Waals surface area contributed by atoms with Crippen LogP contribution in [0.3, 0.4) is 0 Å². The Morgan fingerprint density at radius 1 is 1.21 bits per heavy atom. The summed E-state index contributed by atoms with van der Waals surface area (Å²) < 4.78 is 17.9. The number of benzene rings is 1.